The zero-order valence-electron chi connectivity index (χ0n) is 14.4. The first-order valence-electron chi connectivity index (χ1n) is 8.62. The van der Waals surface area contributed by atoms with Gasteiger partial charge in [0.15, 0.2) is 0 Å². The molecule has 0 bridgehead atoms. The van der Waals surface area contributed by atoms with Gasteiger partial charge in [-0.2, -0.15) is 4.91 Å². The first kappa shape index (κ1) is 18.9. The van der Waals surface area contributed by atoms with Crippen molar-refractivity contribution in [1.29, 1.82) is 0 Å². The van der Waals surface area contributed by atoms with Crippen molar-refractivity contribution >= 4 is 18.2 Å². The van der Waals surface area contributed by atoms with Crippen molar-refractivity contribution in [1.82, 2.24) is 4.90 Å². The molecule has 2 rings (SSSR count). The van der Waals surface area contributed by atoms with Crippen molar-refractivity contribution in [3.63, 3.8) is 0 Å². The molecule has 2 atom stereocenters. The van der Waals surface area contributed by atoms with E-state index < -0.39 is 0 Å². The van der Waals surface area contributed by atoms with Crippen LogP contribution in [0.25, 0.3) is 0 Å². The molecule has 0 aromatic rings. The summed E-state index contributed by atoms with van der Waals surface area (Å²) in [4.78, 5) is 14.4. The van der Waals surface area contributed by atoms with Gasteiger partial charge in [-0.1, -0.05) is 36.4 Å². The van der Waals surface area contributed by atoms with E-state index in [9.17, 15) is 4.91 Å². The zero-order valence-corrected chi connectivity index (χ0v) is 15.2. The van der Waals surface area contributed by atoms with E-state index in [0.29, 0.717) is 5.92 Å². The van der Waals surface area contributed by atoms with Gasteiger partial charge in [0.25, 0.3) is 0 Å². The Morgan fingerprint density at radius 1 is 1.62 bits per heavy atom. The Hall–Kier alpha value is -1.40. The first-order valence-corrected chi connectivity index (χ1v) is 9.40. The lowest BCUT2D eigenvalue weighted by Gasteiger charge is -2.32. The van der Waals surface area contributed by atoms with E-state index in [1.165, 1.54) is 37.4 Å². The van der Waals surface area contributed by atoms with Crippen LogP contribution in [0.1, 0.15) is 32.6 Å². The number of allylic oxidation sites excluding steroid dienone is 2. The molecule has 1 saturated carbocycles. The molecule has 1 aliphatic heterocycles. The molecule has 0 amide bonds. The minimum atomic E-state index is -0.0710. The third-order valence-corrected chi connectivity index (χ3v) is 5.50. The van der Waals surface area contributed by atoms with Crippen LogP contribution in [0.5, 0.6) is 0 Å². The van der Waals surface area contributed by atoms with Crippen molar-refractivity contribution in [2.75, 3.05) is 26.2 Å². The molecule has 2 aliphatic rings. The van der Waals surface area contributed by atoms with Gasteiger partial charge in [0.05, 0.1) is 12.8 Å². The summed E-state index contributed by atoms with van der Waals surface area (Å²) in [5, 5.41) is 12.3. The van der Waals surface area contributed by atoms with Gasteiger partial charge >= 0.3 is 0 Å². The molecule has 1 fully saturated rings. The molecule has 132 valence electrons. The Labute approximate surface area is 148 Å². The van der Waals surface area contributed by atoms with E-state index >= 15 is 0 Å². The van der Waals surface area contributed by atoms with Crippen LogP contribution in [0.15, 0.2) is 44.5 Å². The second-order valence-corrected chi connectivity index (χ2v) is 7.29. The molecule has 1 heterocycles. The van der Waals surface area contributed by atoms with Crippen molar-refractivity contribution in [3.8, 4) is 0 Å². The van der Waals surface area contributed by atoms with Crippen molar-refractivity contribution in [3.05, 3.63) is 39.9 Å². The largest absolute Gasteiger partial charge is 0.507 e. The summed E-state index contributed by atoms with van der Waals surface area (Å²) in [6, 6.07) is 0. The van der Waals surface area contributed by atoms with Crippen LogP contribution < -0.4 is 0 Å². The van der Waals surface area contributed by atoms with Gasteiger partial charge in [0, 0.05) is 42.4 Å². The van der Waals surface area contributed by atoms with Gasteiger partial charge in [-0.15, -0.1) is 0 Å². The highest BCUT2D eigenvalue weighted by Crippen LogP contribution is 2.35. The van der Waals surface area contributed by atoms with E-state index in [4.69, 9.17) is 5.11 Å². The first-order chi connectivity index (χ1) is 11.6. The summed E-state index contributed by atoms with van der Waals surface area (Å²) < 4.78 is 4.14. The van der Waals surface area contributed by atoms with Crippen molar-refractivity contribution in [2.45, 2.75) is 32.6 Å². The van der Waals surface area contributed by atoms with Crippen LogP contribution >= 0.6 is 11.9 Å². The number of aliphatic hydroxyl groups excluding tert-OH is 1. The standard InChI is InChI=1S/C18H27N3O2S/c1-3-5-18(24-20-10-14(2)22)17(11-19-23)13-21-9-8-15-6-4-7-16(15)12-21/h5,8,10,16-17,22H,2-4,6-7,9,11-13H2,1H3/b18-5-,20-10?. The second kappa shape index (κ2) is 9.79. The fraction of sp³-hybridized carbons (Fsp3) is 0.611. The summed E-state index contributed by atoms with van der Waals surface area (Å²) in [6.45, 7) is 8.58. The minimum Gasteiger partial charge on any atom is -0.507 e. The summed E-state index contributed by atoms with van der Waals surface area (Å²) in [7, 11) is 0. The van der Waals surface area contributed by atoms with Crippen LogP contribution in [-0.4, -0.2) is 42.4 Å². The van der Waals surface area contributed by atoms with E-state index in [2.05, 4.69) is 40.1 Å². The third-order valence-electron chi connectivity index (χ3n) is 4.57. The van der Waals surface area contributed by atoms with Gasteiger partial charge in [0.1, 0.15) is 5.76 Å². The Morgan fingerprint density at radius 3 is 3.17 bits per heavy atom. The van der Waals surface area contributed by atoms with Gasteiger partial charge in [-0.25, -0.2) is 4.40 Å². The quantitative estimate of drug-likeness (QED) is 0.219. The summed E-state index contributed by atoms with van der Waals surface area (Å²) in [5.74, 6) is 0.678. The molecular weight excluding hydrogens is 322 g/mol. The second-order valence-electron chi connectivity index (χ2n) is 6.43. The Balaban J connectivity index is 2.01. The molecule has 6 heteroatoms. The smallest absolute Gasteiger partial charge is 0.127 e. The zero-order chi connectivity index (χ0) is 17.4. The molecule has 0 aromatic carbocycles. The molecule has 0 spiro atoms. The average molecular weight is 350 g/mol. The average Bonchev–Trinajstić information content (AvgIpc) is 3.01. The SMILES string of the molecule is C=C(O)C=NS/C(=C\CC)C(CN=O)CN1CC=C2CCCC2C1. The lowest BCUT2D eigenvalue weighted by Crippen LogP contribution is -2.37. The van der Waals surface area contributed by atoms with Crippen LogP contribution in [0.4, 0.5) is 0 Å². The molecule has 1 N–H and O–H groups in total. The van der Waals surface area contributed by atoms with Gasteiger partial charge < -0.3 is 5.11 Å². The third kappa shape index (κ3) is 5.60. The number of hydrogen-bond donors (Lipinski definition) is 1. The Morgan fingerprint density at radius 2 is 2.46 bits per heavy atom. The minimum absolute atomic E-state index is 0.0490. The predicted octanol–water partition coefficient (Wildman–Crippen LogP) is 4.50. The highest BCUT2D eigenvalue weighted by atomic mass is 32.2. The van der Waals surface area contributed by atoms with Crippen LogP contribution in [0, 0.1) is 16.7 Å². The fourth-order valence-electron chi connectivity index (χ4n) is 3.47. The van der Waals surface area contributed by atoms with E-state index in [1.54, 1.807) is 5.57 Å². The molecule has 1 aliphatic carbocycles. The maximum atomic E-state index is 10.9. The molecule has 2 unspecified atom stereocenters. The maximum absolute atomic E-state index is 10.9. The molecule has 0 saturated heterocycles. The Bertz CT molecular complexity index is 542. The maximum Gasteiger partial charge on any atom is 0.127 e. The number of aliphatic hydroxyl groups is 1. The van der Waals surface area contributed by atoms with Gasteiger partial charge in [0.2, 0.25) is 0 Å². The van der Waals surface area contributed by atoms with Crippen LogP contribution in [0.3, 0.4) is 0 Å². The van der Waals surface area contributed by atoms with Gasteiger partial charge in [-0.3, -0.25) is 4.90 Å². The van der Waals surface area contributed by atoms with E-state index in [0.717, 1.165) is 31.0 Å². The number of nitrogens with zero attached hydrogens (tertiary/aromatic N) is 3. The monoisotopic (exact) mass is 349 g/mol. The topological polar surface area (TPSA) is 65.3 Å². The lowest BCUT2D eigenvalue weighted by atomic mass is 9.97. The molecule has 0 aromatic heterocycles. The Kier molecular flexibility index (Phi) is 7.72. The lowest BCUT2D eigenvalue weighted by molar-refractivity contribution is 0.233. The summed E-state index contributed by atoms with van der Waals surface area (Å²) in [5.41, 5.74) is 1.63. The number of fused-ring (bicyclic) bond motifs is 1. The normalized spacial score (nSPS) is 23.1. The number of nitroso groups, excluding NO2 is 1. The van der Waals surface area contributed by atoms with E-state index in [-0.39, 0.29) is 18.2 Å². The van der Waals surface area contributed by atoms with Gasteiger partial charge in [-0.05, 0) is 31.6 Å². The number of hydrogen-bond acceptors (Lipinski definition) is 6. The highest BCUT2D eigenvalue weighted by molar-refractivity contribution is 8.02. The van der Waals surface area contributed by atoms with E-state index in [1.807, 2.05) is 0 Å². The molecule has 24 heavy (non-hydrogen) atoms. The summed E-state index contributed by atoms with van der Waals surface area (Å²) >= 11 is 1.30. The van der Waals surface area contributed by atoms with Crippen molar-refractivity contribution in [2.24, 2.45) is 21.4 Å². The molecule has 5 nitrogen and oxygen atoms in total. The molecule has 0 radical (unpaired) electrons. The fourth-order valence-corrected chi connectivity index (χ4v) is 4.30. The summed E-state index contributed by atoms with van der Waals surface area (Å²) in [6.07, 6.45) is 10.5. The van der Waals surface area contributed by atoms with Crippen LogP contribution in [-0.2, 0) is 0 Å². The predicted molar refractivity (Wildman–Crippen MR) is 102 cm³/mol. The van der Waals surface area contributed by atoms with Crippen molar-refractivity contribution < 1.29 is 5.11 Å². The van der Waals surface area contributed by atoms with Crippen LogP contribution in [0.2, 0.25) is 0 Å². The highest BCUT2D eigenvalue weighted by Gasteiger charge is 2.28. The molecular formula is C18H27N3O2S. The number of rotatable bonds is 9.